The van der Waals surface area contributed by atoms with Gasteiger partial charge in [-0.3, -0.25) is 9.59 Å². The molecule has 0 rings (SSSR count). The molecule has 0 bridgehead atoms. The molecule has 4 nitrogen and oxygen atoms in total. The predicted molar refractivity (Wildman–Crippen MR) is 218 cm³/mol. The first kappa shape index (κ1) is 48.9. The molecular formula is C46H90O4. The van der Waals surface area contributed by atoms with Gasteiger partial charge in [-0.25, -0.2) is 0 Å². The number of hydrogen-bond donors (Lipinski definition) is 0. The van der Waals surface area contributed by atoms with E-state index in [0.29, 0.717) is 19.1 Å². The fourth-order valence-corrected chi connectivity index (χ4v) is 7.72. The van der Waals surface area contributed by atoms with Gasteiger partial charge in [0.05, 0.1) is 25.0 Å². The lowest BCUT2D eigenvalue weighted by Crippen LogP contribution is -2.19. The molecule has 0 amide bonds. The SMILES string of the molecule is CCCCCCCCC(CCCCCC)C(=O)OCCCCC(C)C(CCC)CCCCOC(=O)C(CCCCCC)CCCCCCCC. The number of ether oxygens (including phenoxy) is 2. The van der Waals surface area contributed by atoms with E-state index >= 15 is 0 Å². The maximum Gasteiger partial charge on any atom is 0.308 e. The van der Waals surface area contributed by atoms with E-state index in [1.807, 2.05) is 0 Å². The zero-order valence-corrected chi connectivity index (χ0v) is 35.0. The third kappa shape index (κ3) is 29.5. The highest BCUT2D eigenvalue weighted by Crippen LogP contribution is 2.28. The number of carbonyl (C=O) groups excluding carboxylic acids is 2. The van der Waals surface area contributed by atoms with E-state index in [2.05, 4.69) is 41.5 Å². The summed E-state index contributed by atoms with van der Waals surface area (Å²) in [7, 11) is 0. The number of carbonyl (C=O) groups is 2. The Hall–Kier alpha value is -1.06. The molecule has 298 valence electrons. The number of unbranched alkanes of at least 4 members (excludes halogenated alkanes) is 18. The third-order valence-corrected chi connectivity index (χ3v) is 11.3. The van der Waals surface area contributed by atoms with Gasteiger partial charge in [-0.1, -0.05) is 196 Å². The van der Waals surface area contributed by atoms with Crippen LogP contribution in [0.2, 0.25) is 0 Å². The van der Waals surface area contributed by atoms with Gasteiger partial charge in [-0.15, -0.1) is 0 Å². The molecule has 0 aromatic rings. The second-order valence-corrected chi connectivity index (χ2v) is 16.1. The van der Waals surface area contributed by atoms with Gasteiger partial charge in [0.15, 0.2) is 0 Å². The molecule has 50 heavy (non-hydrogen) atoms. The number of esters is 2. The van der Waals surface area contributed by atoms with Gasteiger partial charge in [0.1, 0.15) is 0 Å². The third-order valence-electron chi connectivity index (χ3n) is 11.3. The Morgan fingerprint density at radius 3 is 1.06 bits per heavy atom. The van der Waals surface area contributed by atoms with E-state index in [0.717, 1.165) is 83.0 Å². The van der Waals surface area contributed by atoms with Crippen molar-refractivity contribution >= 4 is 11.9 Å². The van der Waals surface area contributed by atoms with Crippen LogP contribution in [-0.2, 0) is 19.1 Å². The lowest BCUT2D eigenvalue weighted by Gasteiger charge is -2.24. The van der Waals surface area contributed by atoms with E-state index in [9.17, 15) is 9.59 Å². The smallest absolute Gasteiger partial charge is 0.308 e. The molecule has 0 aromatic heterocycles. The van der Waals surface area contributed by atoms with Gasteiger partial charge >= 0.3 is 11.9 Å². The minimum absolute atomic E-state index is 0.0675. The highest BCUT2D eigenvalue weighted by molar-refractivity contribution is 5.72. The summed E-state index contributed by atoms with van der Waals surface area (Å²) in [6, 6.07) is 0. The second-order valence-electron chi connectivity index (χ2n) is 16.1. The highest BCUT2D eigenvalue weighted by atomic mass is 16.5. The van der Waals surface area contributed by atoms with Crippen LogP contribution in [0.1, 0.15) is 247 Å². The van der Waals surface area contributed by atoms with Crippen LogP contribution in [0.4, 0.5) is 0 Å². The lowest BCUT2D eigenvalue weighted by atomic mass is 9.83. The molecule has 4 heteroatoms. The molecule has 0 spiro atoms. The van der Waals surface area contributed by atoms with E-state index in [1.54, 1.807) is 0 Å². The summed E-state index contributed by atoms with van der Waals surface area (Å²) in [5.41, 5.74) is 0. The van der Waals surface area contributed by atoms with E-state index in [1.165, 1.54) is 128 Å². The molecule has 0 radical (unpaired) electrons. The topological polar surface area (TPSA) is 52.6 Å². The van der Waals surface area contributed by atoms with Crippen LogP contribution in [0.15, 0.2) is 0 Å². The Morgan fingerprint density at radius 2 is 0.680 bits per heavy atom. The first-order valence-electron chi connectivity index (χ1n) is 22.8. The minimum Gasteiger partial charge on any atom is -0.465 e. The fraction of sp³-hybridized carbons (Fsp3) is 0.957. The van der Waals surface area contributed by atoms with Crippen molar-refractivity contribution in [3.05, 3.63) is 0 Å². The standard InChI is InChI=1S/C46H90O4/c1-7-12-16-20-22-26-37-43(35-24-18-14-9-3)45(47)49-39-30-28-33-41(6)42(32-11-5)34-29-31-40-50-46(48)44(36-25-19-15-10-4)38-27-23-21-17-13-8-2/h41-44H,7-40H2,1-6H3. The van der Waals surface area contributed by atoms with Gasteiger partial charge in [-0.05, 0) is 63.2 Å². The van der Waals surface area contributed by atoms with Crippen molar-refractivity contribution < 1.29 is 19.1 Å². The van der Waals surface area contributed by atoms with Gasteiger partial charge < -0.3 is 9.47 Å². The molecule has 0 N–H and O–H groups in total. The maximum absolute atomic E-state index is 13.0. The second kappa shape index (κ2) is 37.7. The molecule has 0 aromatic carbocycles. The zero-order valence-electron chi connectivity index (χ0n) is 35.0. The van der Waals surface area contributed by atoms with Gasteiger partial charge in [0.2, 0.25) is 0 Å². The van der Waals surface area contributed by atoms with Crippen LogP contribution in [0.3, 0.4) is 0 Å². The van der Waals surface area contributed by atoms with Gasteiger partial charge in [-0.2, -0.15) is 0 Å². The molecule has 0 aliphatic heterocycles. The van der Waals surface area contributed by atoms with Gasteiger partial charge in [0, 0.05) is 0 Å². The van der Waals surface area contributed by atoms with Crippen molar-refractivity contribution in [2.45, 2.75) is 247 Å². The molecule has 0 fully saturated rings. The molecule has 4 atom stereocenters. The van der Waals surface area contributed by atoms with Crippen LogP contribution in [-0.4, -0.2) is 25.2 Å². The normalized spacial score (nSPS) is 14.0. The summed E-state index contributed by atoms with van der Waals surface area (Å²) in [5.74, 6) is 1.74. The van der Waals surface area contributed by atoms with Crippen molar-refractivity contribution in [3.8, 4) is 0 Å². The van der Waals surface area contributed by atoms with E-state index in [-0.39, 0.29) is 23.8 Å². The average molecular weight is 707 g/mol. The van der Waals surface area contributed by atoms with E-state index in [4.69, 9.17) is 9.47 Å². The Bertz CT molecular complexity index is 721. The number of rotatable bonds is 39. The molecule has 0 saturated carbocycles. The van der Waals surface area contributed by atoms with E-state index < -0.39 is 0 Å². The van der Waals surface area contributed by atoms with Crippen molar-refractivity contribution in [3.63, 3.8) is 0 Å². The van der Waals surface area contributed by atoms with Crippen molar-refractivity contribution in [2.24, 2.45) is 23.7 Å². The van der Waals surface area contributed by atoms with Crippen LogP contribution >= 0.6 is 0 Å². The van der Waals surface area contributed by atoms with Crippen LogP contribution in [0.5, 0.6) is 0 Å². The highest BCUT2D eigenvalue weighted by Gasteiger charge is 2.21. The Balaban J connectivity index is 4.48. The molecule has 0 saturated heterocycles. The lowest BCUT2D eigenvalue weighted by molar-refractivity contribution is -0.150. The summed E-state index contributed by atoms with van der Waals surface area (Å²) in [6.07, 6.45) is 38.2. The maximum atomic E-state index is 13.0. The Kier molecular flexibility index (Phi) is 36.9. The van der Waals surface area contributed by atoms with Crippen molar-refractivity contribution in [1.82, 2.24) is 0 Å². The van der Waals surface area contributed by atoms with Crippen molar-refractivity contribution in [1.29, 1.82) is 0 Å². The largest absolute Gasteiger partial charge is 0.465 e. The molecule has 0 heterocycles. The predicted octanol–water partition coefficient (Wildman–Crippen LogP) is 15.1. The summed E-state index contributed by atoms with van der Waals surface area (Å²) < 4.78 is 11.7. The summed E-state index contributed by atoms with van der Waals surface area (Å²) in [6.45, 7) is 14.9. The molecule has 4 unspecified atom stereocenters. The van der Waals surface area contributed by atoms with Crippen LogP contribution in [0.25, 0.3) is 0 Å². The Morgan fingerprint density at radius 1 is 0.360 bits per heavy atom. The quantitative estimate of drug-likeness (QED) is 0.0472. The molecular weight excluding hydrogens is 617 g/mol. The summed E-state index contributed by atoms with van der Waals surface area (Å²) >= 11 is 0. The minimum atomic E-state index is 0.0675. The summed E-state index contributed by atoms with van der Waals surface area (Å²) in [4.78, 5) is 26.1. The van der Waals surface area contributed by atoms with Crippen molar-refractivity contribution in [2.75, 3.05) is 13.2 Å². The van der Waals surface area contributed by atoms with Crippen LogP contribution < -0.4 is 0 Å². The monoisotopic (exact) mass is 707 g/mol. The summed E-state index contributed by atoms with van der Waals surface area (Å²) in [5, 5.41) is 0. The molecule has 0 aliphatic rings. The zero-order chi connectivity index (χ0) is 36.9. The fourth-order valence-electron chi connectivity index (χ4n) is 7.72. The first-order chi connectivity index (χ1) is 24.4. The van der Waals surface area contributed by atoms with Crippen LogP contribution in [0, 0.1) is 23.7 Å². The Labute approximate surface area is 314 Å². The molecule has 0 aliphatic carbocycles. The number of hydrogen-bond acceptors (Lipinski definition) is 4. The van der Waals surface area contributed by atoms with Gasteiger partial charge in [0.25, 0.3) is 0 Å². The average Bonchev–Trinajstić information content (AvgIpc) is 3.11. The first-order valence-corrected chi connectivity index (χ1v) is 22.8.